The van der Waals surface area contributed by atoms with Crippen molar-refractivity contribution in [2.75, 3.05) is 24.4 Å². The number of methoxy groups -OCH3 is 1. The molecule has 45 heavy (non-hydrogen) atoms. The van der Waals surface area contributed by atoms with E-state index in [1.54, 1.807) is 42.2 Å². The molecule has 3 N–H and O–H groups in total. The van der Waals surface area contributed by atoms with E-state index in [-0.39, 0.29) is 23.8 Å². The molecule has 0 unspecified atom stereocenters. The number of anilines is 4. The SMILES string of the molecule is CCONC(=O)c1cnc(Nc2ncc(F)cc2F)cc1Nc1ccc(-c2cc(F)cc(-c3ncn(C4CC4)n3)c2OC)cc1. The first-order chi connectivity index (χ1) is 21.8. The van der Waals surface area contributed by atoms with Gasteiger partial charge in [0.05, 0.1) is 42.8 Å². The minimum Gasteiger partial charge on any atom is -0.495 e. The molecule has 0 aliphatic heterocycles. The number of hydroxylamine groups is 1. The fourth-order valence-electron chi connectivity index (χ4n) is 4.62. The third kappa shape index (κ3) is 6.55. The lowest BCUT2D eigenvalue weighted by atomic mass is 10.00. The number of carbonyl (C=O) groups is 1. The van der Waals surface area contributed by atoms with E-state index in [4.69, 9.17) is 9.57 Å². The Labute approximate surface area is 255 Å². The van der Waals surface area contributed by atoms with Gasteiger partial charge in [-0.25, -0.2) is 38.3 Å². The third-order valence-electron chi connectivity index (χ3n) is 6.92. The second-order valence-electron chi connectivity index (χ2n) is 10.1. The summed E-state index contributed by atoms with van der Waals surface area (Å²) in [5.74, 6) is -2.11. The highest BCUT2D eigenvalue weighted by atomic mass is 19.1. The van der Waals surface area contributed by atoms with Gasteiger partial charge < -0.3 is 15.4 Å². The highest BCUT2D eigenvalue weighted by Gasteiger charge is 2.26. The molecule has 14 heteroatoms. The van der Waals surface area contributed by atoms with Gasteiger partial charge in [-0.2, -0.15) is 5.10 Å². The molecule has 5 aromatic rings. The van der Waals surface area contributed by atoms with Gasteiger partial charge in [-0.1, -0.05) is 12.1 Å². The summed E-state index contributed by atoms with van der Waals surface area (Å²) >= 11 is 0. The van der Waals surface area contributed by atoms with Gasteiger partial charge in [0.25, 0.3) is 5.91 Å². The number of aromatic nitrogens is 5. The summed E-state index contributed by atoms with van der Waals surface area (Å²) in [7, 11) is 1.51. The monoisotopic (exact) mass is 616 g/mol. The zero-order valence-corrected chi connectivity index (χ0v) is 24.1. The number of hydrogen-bond donors (Lipinski definition) is 3. The van der Waals surface area contributed by atoms with Gasteiger partial charge in [-0.3, -0.25) is 9.63 Å². The van der Waals surface area contributed by atoms with Gasteiger partial charge in [0.2, 0.25) is 0 Å². The molecule has 6 rings (SSSR count). The number of ether oxygens (including phenoxy) is 1. The van der Waals surface area contributed by atoms with E-state index in [2.05, 4.69) is 36.2 Å². The standard InChI is InChI=1S/C31H27F3N8O3/c1-3-45-41-31(43)24-15-35-27(39-30-25(34)12-19(33)14-36-30)13-26(24)38-20-6-4-17(5-7-20)22-10-18(32)11-23(28(22)44-2)29-37-16-42(40-29)21-8-9-21/h4-7,10-16,21H,3,8-9H2,1-2H3,(H,41,43)(H2,35,36,38,39). The number of benzene rings is 2. The molecular weight excluding hydrogens is 589 g/mol. The number of pyridine rings is 2. The molecule has 3 aromatic heterocycles. The summed E-state index contributed by atoms with van der Waals surface area (Å²) < 4.78 is 49.9. The third-order valence-corrected chi connectivity index (χ3v) is 6.92. The van der Waals surface area contributed by atoms with Crippen LogP contribution in [-0.4, -0.2) is 44.4 Å². The van der Waals surface area contributed by atoms with E-state index < -0.39 is 23.4 Å². The van der Waals surface area contributed by atoms with Crippen molar-refractivity contribution < 1.29 is 27.5 Å². The van der Waals surface area contributed by atoms with E-state index in [0.717, 1.165) is 19.0 Å². The average Bonchev–Trinajstić information content (AvgIpc) is 3.77. The summed E-state index contributed by atoms with van der Waals surface area (Å²) in [5.41, 5.74) is 4.90. The van der Waals surface area contributed by atoms with E-state index >= 15 is 0 Å². The molecule has 0 atom stereocenters. The fourth-order valence-corrected chi connectivity index (χ4v) is 4.62. The Hall–Kier alpha value is -5.50. The summed E-state index contributed by atoms with van der Waals surface area (Å²) in [6.07, 6.45) is 5.85. The first-order valence-electron chi connectivity index (χ1n) is 14.0. The number of nitrogens with zero attached hydrogens (tertiary/aromatic N) is 5. The van der Waals surface area contributed by atoms with Crippen LogP contribution in [0, 0.1) is 17.5 Å². The van der Waals surface area contributed by atoms with Crippen LogP contribution in [0.5, 0.6) is 5.75 Å². The summed E-state index contributed by atoms with van der Waals surface area (Å²) in [6, 6.07) is 12.2. The van der Waals surface area contributed by atoms with E-state index in [1.165, 1.54) is 31.5 Å². The van der Waals surface area contributed by atoms with Crippen LogP contribution < -0.4 is 20.9 Å². The number of carbonyl (C=O) groups excluding carboxylic acids is 1. The number of nitrogens with one attached hydrogen (secondary N) is 3. The average molecular weight is 617 g/mol. The molecule has 1 aliphatic rings. The van der Waals surface area contributed by atoms with E-state index in [1.807, 2.05) is 0 Å². The van der Waals surface area contributed by atoms with Crippen molar-refractivity contribution in [3.05, 3.63) is 90.3 Å². The van der Waals surface area contributed by atoms with Crippen molar-refractivity contribution in [3.63, 3.8) is 0 Å². The predicted octanol–water partition coefficient (Wildman–Crippen LogP) is 6.33. The minimum absolute atomic E-state index is 0.125. The van der Waals surface area contributed by atoms with Crippen LogP contribution in [0.1, 0.15) is 36.2 Å². The molecule has 2 aromatic carbocycles. The normalized spacial score (nSPS) is 12.6. The van der Waals surface area contributed by atoms with Crippen LogP contribution in [0.2, 0.25) is 0 Å². The molecule has 0 bridgehead atoms. The first-order valence-corrected chi connectivity index (χ1v) is 14.0. The largest absolute Gasteiger partial charge is 0.495 e. The molecule has 3 heterocycles. The number of rotatable bonds is 11. The van der Waals surface area contributed by atoms with Gasteiger partial charge in [-0.15, -0.1) is 0 Å². The molecule has 230 valence electrons. The quantitative estimate of drug-likeness (QED) is 0.146. The number of hydrogen-bond acceptors (Lipinski definition) is 9. The van der Waals surface area contributed by atoms with Gasteiger partial charge >= 0.3 is 0 Å². The van der Waals surface area contributed by atoms with E-state index in [0.29, 0.717) is 51.7 Å². The van der Waals surface area contributed by atoms with Crippen molar-refractivity contribution in [1.29, 1.82) is 0 Å². The summed E-state index contributed by atoms with van der Waals surface area (Å²) in [4.78, 5) is 30.1. The van der Waals surface area contributed by atoms with Crippen LogP contribution in [0.4, 0.5) is 36.2 Å². The molecule has 1 amide bonds. The van der Waals surface area contributed by atoms with Gasteiger partial charge in [-0.05, 0) is 49.6 Å². The predicted molar refractivity (Wildman–Crippen MR) is 160 cm³/mol. The lowest BCUT2D eigenvalue weighted by molar-refractivity contribution is 0.0365. The Morgan fingerprint density at radius 3 is 2.44 bits per heavy atom. The maximum Gasteiger partial charge on any atom is 0.278 e. The minimum atomic E-state index is -0.914. The van der Waals surface area contributed by atoms with Crippen molar-refractivity contribution in [1.82, 2.24) is 30.2 Å². The number of halogens is 3. The zero-order chi connectivity index (χ0) is 31.5. The highest BCUT2D eigenvalue weighted by molar-refractivity contribution is 6.00. The fraction of sp³-hybridized carbons (Fsp3) is 0.194. The second kappa shape index (κ2) is 12.6. The van der Waals surface area contributed by atoms with Crippen molar-refractivity contribution in [2.24, 2.45) is 0 Å². The molecule has 0 spiro atoms. The molecular formula is C31H27F3N8O3. The zero-order valence-electron chi connectivity index (χ0n) is 24.1. The lowest BCUT2D eigenvalue weighted by Gasteiger charge is -2.15. The van der Waals surface area contributed by atoms with Crippen molar-refractivity contribution >= 4 is 28.9 Å². The van der Waals surface area contributed by atoms with E-state index in [9.17, 15) is 18.0 Å². The van der Waals surface area contributed by atoms with Crippen LogP contribution in [0.3, 0.4) is 0 Å². The molecule has 0 saturated heterocycles. The maximum atomic E-state index is 14.9. The van der Waals surface area contributed by atoms with Crippen molar-refractivity contribution in [2.45, 2.75) is 25.8 Å². The molecule has 1 fully saturated rings. The Morgan fingerprint density at radius 2 is 1.73 bits per heavy atom. The topological polar surface area (TPSA) is 128 Å². The lowest BCUT2D eigenvalue weighted by Crippen LogP contribution is -2.24. The summed E-state index contributed by atoms with van der Waals surface area (Å²) in [6.45, 7) is 1.95. The Bertz CT molecular complexity index is 1860. The number of amides is 1. The van der Waals surface area contributed by atoms with Crippen molar-refractivity contribution in [3.8, 4) is 28.3 Å². The van der Waals surface area contributed by atoms with Gasteiger partial charge in [0.15, 0.2) is 17.5 Å². The van der Waals surface area contributed by atoms with Crippen LogP contribution >= 0.6 is 0 Å². The smallest absolute Gasteiger partial charge is 0.278 e. The molecule has 1 aliphatic carbocycles. The van der Waals surface area contributed by atoms with Crippen LogP contribution in [0.15, 0.2) is 67.3 Å². The van der Waals surface area contributed by atoms with Gasteiger partial charge in [0.1, 0.15) is 29.5 Å². The molecule has 11 nitrogen and oxygen atoms in total. The second-order valence-corrected chi connectivity index (χ2v) is 10.1. The summed E-state index contributed by atoms with van der Waals surface area (Å²) in [5, 5.41) is 10.4. The molecule has 1 saturated carbocycles. The van der Waals surface area contributed by atoms with Gasteiger partial charge in [0, 0.05) is 29.6 Å². The highest BCUT2D eigenvalue weighted by Crippen LogP contribution is 2.40. The first kappa shape index (κ1) is 29.6. The van der Waals surface area contributed by atoms with Crippen LogP contribution in [-0.2, 0) is 4.84 Å². The Morgan fingerprint density at radius 1 is 0.956 bits per heavy atom. The Balaban J connectivity index is 1.30. The Kier molecular flexibility index (Phi) is 8.29. The molecule has 0 radical (unpaired) electrons. The maximum absolute atomic E-state index is 14.9. The van der Waals surface area contributed by atoms with Crippen LogP contribution in [0.25, 0.3) is 22.5 Å².